The Morgan fingerprint density at radius 2 is 2.09 bits per heavy atom. The van der Waals surface area contributed by atoms with E-state index in [1.807, 2.05) is 0 Å². The number of carboxylic acid groups (broad SMARTS) is 1. The maximum atomic E-state index is 12.0. The molecule has 1 aromatic heterocycles. The largest absolute Gasteiger partial charge is 0.480 e. The van der Waals surface area contributed by atoms with E-state index in [4.69, 9.17) is 5.11 Å². The van der Waals surface area contributed by atoms with E-state index in [-0.39, 0.29) is 19.0 Å². The van der Waals surface area contributed by atoms with Gasteiger partial charge in [-0.15, -0.1) is 5.10 Å². The first-order valence-electron chi connectivity index (χ1n) is 7.71. The lowest BCUT2D eigenvalue weighted by atomic mass is 9.72. The Balaban J connectivity index is 1.71. The first kappa shape index (κ1) is 16.5. The first-order valence-corrected chi connectivity index (χ1v) is 7.71. The van der Waals surface area contributed by atoms with Crippen molar-refractivity contribution < 1.29 is 14.7 Å². The van der Waals surface area contributed by atoms with Crippen molar-refractivity contribution in [3.63, 3.8) is 0 Å². The Bertz CT molecular complexity index is 529. The molecule has 1 aliphatic rings. The summed E-state index contributed by atoms with van der Waals surface area (Å²) in [6.45, 7) is 4.63. The van der Waals surface area contributed by atoms with Crippen molar-refractivity contribution in [2.45, 2.75) is 59.0 Å². The summed E-state index contributed by atoms with van der Waals surface area (Å²) in [6.07, 6.45) is 6.66. The smallest absolute Gasteiger partial charge is 0.325 e. The van der Waals surface area contributed by atoms with Crippen molar-refractivity contribution in [3.8, 4) is 0 Å². The summed E-state index contributed by atoms with van der Waals surface area (Å²) in [4.78, 5) is 22.5. The van der Waals surface area contributed by atoms with E-state index in [1.165, 1.54) is 23.7 Å². The van der Waals surface area contributed by atoms with Crippen molar-refractivity contribution in [1.29, 1.82) is 0 Å². The van der Waals surface area contributed by atoms with E-state index >= 15 is 0 Å². The van der Waals surface area contributed by atoms with Gasteiger partial charge >= 0.3 is 5.97 Å². The van der Waals surface area contributed by atoms with Crippen LogP contribution in [0.2, 0.25) is 0 Å². The predicted octanol–water partition coefficient (Wildman–Crippen LogP) is 1.59. The second-order valence-electron chi connectivity index (χ2n) is 6.89. The molecule has 1 fully saturated rings. The summed E-state index contributed by atoms with van der Waals surface area (Å²) in [5.41, 5.74) is 0.981. The fourth-order valence-corrected chi connectivity index (χ4v) is 2.82. The lowest BCUT2D eigenvalue weighted by Gasteiger charge is -2.34. The van der Waals surface area contributed by atoms with Gasteiger partial charge in [0.2, 0.25) is 5.91 Å². The number of nitrogens with one attached hydrogen (secondary N) is 1. The minimum Gasteiger partial charge on any atom is -0.480 e. The van der Waals surface area contributed by atoms with E-state index in [1.54, 1.807) is 0 Å². The van der Waals surface area contributed by atoms with Gasteiger partial charge in [-0.3, -0.25) is 9.59 Å². The van der Waals surface area contributed by atoms with Gasteiger partial charge in [-0.1, -0.05) is 19.1 Å². The molecule has 1 amide bonds. The molecule has 22 heavy (non-hydrogen) atoms. The molecule has 7 heteroatoms. The van der Waals surface area contributed by atoms with E-state index in [0.29, 0.717) is 23.4 Å². The van der Waals surface area contributed by atoms with E-state index in [0.717, 1.165) is 12.8 Å². The van der Waals surface area contributed by atoms with Crippen molar-refractivity contribution in [1.82, 2.24) is 20.3 Å². The van der Waals surface area contributed by atoms with Crippen LogP contribution in [0.1, 0.15) is 51.6 Å². The molecular weight excluding hydrogens is 284 g/mol. The summed E-state index contributed by atoms with van der Waals surface area (Å²) in [5, 5.41) is 19.0. The van der Waals surface area contributed by atoms with Gasteiger partial charge in [0.1, 0.15) is 12.2 Å². The monoisotopic (exact) mass is 308 g/mol. The fraction of sp³-hybridized carbons (Fsp3) is 0.733. The van der Waals surface area contributed by atoms with Crippen LogP contribution in [0.25, 0.3) is 0 Å². The maximum Gasteiger partial charge on any atom is 0.325 e. The number of aromatic nitrogens is 3. The van der Waals surface area contributed by atoms with Gasteiger partial charge < -0.3 is 10.4 Å². The van der Waals surface area contributed by atoms with Crippen molar-refractivity contribution in [2.24, 2.45) is 11.3 Å². The second-order valence-corrected chi connectivity index (χ2v) is 6.89. The second kappa shape index (κ2) is 6.89. The molecule has 1 aliphatic carbocycles. The molecule has 0 aliphatic heterocycles. The highest BCUT2D eigenvalue weighted by molar-refractivity contribution is 5.76. The molecule has 0 saturated heterocycles. The number of nitrogens with zero attached hydrogens (tertiary/aromatic N) is 3. The molecule has 7 nitrogen and oxygen atoms in total. The molecule has 2 rings (SSSR count). The molecule has 0 unspecified atom stereocenters. The molecule has 1 saturated carbocycles. The lowest BCUT2D eigenvalue weighted by Crippen LogP contribution is -2.28. The van der Waals surface area contributed by atoms with Crippen molar-refractivity contribution >= 4 is 11.9 Å². The number of carbonyl (C=O) groups excluding carboxylic acids is 1. The predicted molar refractivity (Wildman–Crippen MR) is 79.9 cm³/mol. The van der Waals surface area contributed by atoms with Crippen LogP contribution in [-0.4, -0.2) is 32.0 Å². The van der Waals surface area contributed by atoms with Crippen LogP contribution in [0.5, 0.6) is 0 Å². The number of amides is 1. The molecule has 2 N–H and O–H groups in total. The highest BCUT2D eigenvalue weighted by Gasteiger charge is 2.27. The highest BCUT2D eigenvalue weighted by Crippen LogP contribution is 2.39. The third kappa shape index (κ3) is 5.13. The number of hydrogen-bond acceptors (Lipinski definition) is 4. The van der Waals surface area contributed by atoms with Gasteiger partial charge in [0, 0.05) is 6.42 Å². The Labute approximate surface area is 130 Å². The van der Waals surface area contributed by atoms with E-state index < -0.39 is 5.97 Å². The molecule has 0 radical (unpaired) electrons. The van der Waals surface area contributed by atoms with Gasteiger partial charge in [0.05, 0.1) is 12.7 Å². The average molecular weight is 308 g/mol. The van der Waals surface area contributed by atoms with Crippen LogP contribution in [0.3, 0.4) is 0 Å². The minimum absolute atomic E-state index is 0.0255. The Morgan fingerprint density at radius 3 is 2.73 bits per heavy atom. The molecule has 0 bridgehead atoms. The summed E-state index contributed by atoms with van der Waals surface area (Å²) < 4.78 is 1.24. The quantitative estimate of drug-likeness (QED) is 0.831. The van der Waals surface area contributed by atoms with Gasteiger partial charge in [0.25, 0.3) is 0 Å². The Kier molecular flexibility index (Phi) is 5.15. The lowest BCUT2D eigenvalue weighted by molar-refractivity contribution is -0.138. The van der Waals surface area contributed by atoms with E-state index in [9.17, 15) is 9.59 Å². The summed E-state index contributed by atoms with van der Waals surface area (Å²) in [7, 11) is 0. The third-order valence-electron chi connectivity index (χ3n) is 4.28. The molecular formula is C15H24N4O3. The SMILES string of the molecule is CC1(C)CCC(CC(=O)NCc2cn(CC(=O)O)nn2)CC1. The van der Waals surface area contributed by atoms with Crippen LogP contribution in [0.15, 0.2) is 6.20 Å². The Hall–Kier alpha value is -1.92. The van der Waals surface area contributed by atoms with Gasteiger partial charge in [-0.05, 0) is 37.0 Å². The van der Waals surface area contributed by atoms with Crippen LogP contribution in [0, 0.1) is 11.3 Å². The van der Waals surface area contributed by atoms with Crippen molar-refractivity contribution in [2.75, 3.05) is 0 Å². The maximum absolute atomic E-state index is 12.0. The summed E-state index contributed by atoms with van der Waals surface area (Å²) in [6, 6.07) is 0. The number of aliphatic carboxylic acids is 1. The molecule has 122 valence electrons. The average Bonchev–Trinajstić information content (AvgIpc) is 2.86. The first-order chi connectivity index (χ1) is 10.3. The highest BCUT2D eigenvalue weighted by atomic mass is 16.4. The molecule has 0 spiro atoms. The number of rotatable bonds is 6. The zero-order valence-corrected chi connectivity index (χ0v) is 13.2. The third-order valence-corrected chi connectivity index (χ3v) is 4.28. The molecule has 0 aromatic carbocycles. The number of carboxylic acids is 1. The molecule has 1 heterocycles. The number of carbonyl (C=O) groups is 2. The van der Waals surface area contributed by atoms with Gasteiger partial charge in [-0.2, -0.15) is 0 Å². The standard InChI is InChI=1S/C15H24N4O3/c1-15(2)5-3-11(4-6-15)7-13(20)16-8-12-9-19(18-17-12)10-14(21)22/h9,11H,3-8,10H2,1-2H3,(H,16,20)(H,21,22). The molecule has 1 aromatic rings. The van der Waals surface area contributed by atoms with E-state index in [2.05, 4.69) is 29.5 Å². The van der Waals surface area contributed by atoms with Crippen LogP contribution < -0.4 is 5.32 Å². The zero-order valence-electron chi connectivity index (χ0n) is 13.2. The minimum atomic E-state index is -0.972. The summed E-state index contributed by atoms with van der Waals surface area (Å²) in [5.74, 6) is -0.478. The van der Waals surface area contributed by atoms with Crippen molar-refractivity contribution in [3.05, 3.63) is 11.9 Å². The van der Waals surface area contributed by atoms with Crippen LogP contribution in [0.4, 0.5) is 0 Å². The number of hydrogen-bond donors (Lipinski definition) is 2. The Morgan fingerprint density at radius 1 is 1.41 bits per heavy atom. The fourth-order valence-electron chi connectivity index (χ4n) is 2.82. The molecule has 0 atom stereocenters. The van der Waals surface area contributed by atoms with Crippen LogP contribution >= 0.6 is 0 Å². The van der Waals surface area contributed by atoms with Crippen LogP contribution in [-0.2, 0) is 22.7 Å². The van der Waals surface area contributed by atoms with Gasteiger partial charge in [-0.25, -0.2) is 4.68 Å². The van der Waals surface area contributed by atoms with Gasteiger partial charge in [0.15, 0.2) is 0 Å². The summed E-state index contributed by atoms with van der Waals surface area (Å²) >= 11 is 0. The normalized spacial score (nSPS) is 18.1. The topological polar surface area (TPSA) is 97.1 Å². The zero-order chi connectivity index (χ0) is 16.2.